The number of carbonyl (C=O) groups is 1. The molecule has 0 saturated carbocycles. The molecule has 5 N–H and O–H groups in total. The molecule has 0 fully saturated rings. The quantitative estimate of drug-likeness (QED) is 0.584. The van der Waals surface area contributed by atoms with Gasteiger partial charge in [0.1, 0.15) is 4.83 Å². The van der Waals surface area contributed by atoms with Gasteiger partial charge in [0.15, 0.2) is 6.29 Å². The summed E-state index contributed by atoms with van der Waals surface area (Å²) in [5.74, 6) is 0.0993. The molecule has 2 aromatic heterocycles. The summed E-state index contributed by atoms with van der Waals surface area (Å²) in [7, 11) is 3.75. The molecular weight excluding hydrogens is 369 g/mol. The molecular formula is C15H15Cl2N5OS. The molecule has 1 aromatic carbocycles. The van der Waals surface area contributed by atoms with Gasteiger partial charge >= 0.3 is 0 Å². The Bertz CT molecular complexity index is 897. The number of nitrogen functional groups attached to an aromatic ring is 2. The fraction of sp³-hybridized carbons (Fsp3) is 0.133. The first-order chi connectivity index (χ1) is 11.4. The minimum absolute atomic E-state index is 0.0993. The summed E-state index contributed by atoms with van der Waals surface area (Å²) < 4.78 is 0. The van der Waals surface area contributed by atoms with Crippen LogP contribution in [0.4, 0.5) is 11.6 Å². The monoisotopic (exact) mass is 383 g/mol. The number of benzene rings is 1. The van der Waals surface area contributed by atoms with Crippen molar-refractivity contribution in [3.05, 3.63) is 33.1 Å². The molecule has 3 rings (SSSR count). The van der Waals surface area contributed by atoms with Gasteiger partial charge in [0, 0.05) is 5.56 Å². The van der Waals surface area contributed by atoms with E-state index in [4.69, 9.17) is 34.7 Å². The van der Waals surface area contributed by atoms with Crippen LogP contribution in [0.2, 0.25) is 10.0 Å². The molecule has 9 heteroatoms. The van der Waals surface area contributed by atoms with Gasteiger partial charge in [-0.15, -0.1) is 11.3 Å². The predicted octanol–water partition coefficient (Wildman–Crippen LogP) is 3.48. The van der Waals surface area contributed by atoms with Crippen LogP contribution >= 0.6 is 34.5 Å². The molecule has 0 aliphatic carbocycles. The van der Waals surface area contributed by atoms with Crippen molar-refractivity contribution in [3.8, 4) is 11.3 Å². The zero-order valence-corrected chi connectivity index (χ0v) is 15.3. The number of carbonyl (C=O) groups excluding carboxylic acids is 1. The number of fused-ring (bicyclic) bond motifs is 1. The maximum Gasteiger partial charge on any atom is 0.221 e. The fourth-order valence-corrected chi connectivity index (χ4v) is 3.21. The SMILES string of the molecule is CNC.Nc1nc(-c2ccc(Cl)c(Cl)c2)c2c(N)c(C=O)sc2n1. The Morgan fingerprint density at radius 2 is 1.83 bits per heavy atom. The van der Waals surface area contributed by atoms with Crippen LogP contribution in [0.25, 0.3) is 21.5 Å². The average molecular weight is 384 g/mol. The Labute approximate surface area is 152 Å². The van der Waals surface area contributed by atoms with Crippen molar-refractivity contribution in [2.45, 2.75) is 0 Å². The highest BCUT2D eigenvalue weighted by Gasteiger charge is 2.17. The Morgan fingerprint density at radius 3 is 2.42 bits per heavy atom. The molecule has 2 heterocycles. The molecule has 0 saturated heterocycles. The normalized spacial score (nSPS) is 10.3. The van der Waals surface area contributed by atoms with Gasteiger partial charge in [-0.05, 0) is 26.2 Å². The van der Waals surface area contributed by atoms with Crippen LogP contribution < -0.4 is 16.8 Å². The summed E-state index contributed by atoms with van der Waals surface area (Å²) in [6.45, 7) is 0. The fourth-order valence-electron chi connectivity index (χ4n) is 2.00. The number of nitrogens with one attached hydrogen (secondary N) is 1. The van der Waals surface area contributed by atoms with Crippen molar-refractivity contribution >= 4 is 62.7 Å². The number of nitrogens with two attached hydrogens (primary N) is 2. The molecule has 0 aliphatic rings. The molecule has 126 valence electrons. The second-order valence-electron chi connectivity index (χ2n) is 4.74. The lowest BCUT2D eigenvalue weighted by Gasteiger charge is -2.06. The Morgan fingerprint density at radius 1 is 1.17 bits per heavy atom. The minimum atomic E-state index is 0.0993. The van der Waals surface area contributed by atoms with Crippen molar-refractivity contribution in [2.75, 3.05) is 25.6 Å². The highest BCUT2D eigenvalue weighted by atomic mass is 35.5. The number of halogens is 2. The topological polar surface area (TPSA) is 107 Å². The van der Waals surface area contributed by atoms with E-state index in [1.165, 1.54) is 11.3 Å². The van der Waals surface area contributed by atoms with E-state index < -0.39 is 0 Å². The lowest BCUT2D eigenvalue weighted by molar-refractivity contribution is 0.112. The van der Waals surface area contributed by atoms with Crippen molar-refractivity contribution in [1.82, 2.24) is 15.3 Å². The van der Waals surface area contributed by atoms with Gasteiger partial charge in [0.05, 0.1) is 31.7 Å². The van der Waals surface area contributed by atoms with E-state index in [1.54, 1.807) is 18.2 Å². The molecule has 0 unspecified atom stereocenters. The first-order valence-corrected chi connectivity index (χ1v) is 8.34. The summed E-state index contributed by atoms with van der Waals surface area (Å²) in [4.78, 5) is 20.3. The third kappa shape index (κ3) is 3.59. The third-order valence-corrected chi connectivity index (χ3v) is 4.70. The molecule has 0 bridgehead atoms. The van der Waals surface area contributed by atoms with E-state index in [1.807, 2.05) is 14.1 Å². The Balaban J connectivity index is 0.000000647. The second-order valence-corrected chi connectivity index (χ2v) is 6.58. The third-order valence-electron chi connectivity index (χ3n) is 2.93. The van der Waals surface area contributed by atoms with E-state index in [2.05, 4.69) is 15.3 Å². The number of thiophene rings is 1. The smallest absolute Gasteiger partial charge is 0.221 e. The van der Waals surface area contributed by atoms with Crippen LogP contribution in [0.15, 0.2) is 18.2 Å². The lowest BCUT2D eigenvalue weighted by Crippen LogP contribution is -1.98. The van der Waals surface area contributed by atoms with Crippen molar-refractivity contribution < 1.29 is 4.79 Å². The number of hydrogen-bond acceptors (Lipinski definition) is 7. The van der Waals surface area contributed by atoms with Crippen LogP contribution in [-0.4, -0.2) is 30.3 Å². The summed E-state index contributed by atoms with van der Waals surface area (Å²) >= 11 is 13.1. The number of hydrogen-bond donors (Lipinski definition) is 3. The number of aldehydes is 1. The van der Waals surface area contributed by atoms with Crippen LogP contribution in [0.3, 0.4) is 0 Å². The first-order valence-electron chi connectivity index (χ1n) is 6.77. The molecule has 24 heavy (non-hydrogen) atoms. The van der Waals surface area contributed by atoms with Crippen molar-refractivity contribution in [1.29, 1.82) is 0 Å². The van der Waals surface area contributed by atoms with Gasteiger partial charge in [0.25, 0.3) is 0 Å². The molecule has 0 amide bonds. The van der Waals surface area contributed by atoms with E-state index >= 15 is 0 Å². The Hall–Kier alpha value is -1.93. The summed E-state index contributed by atoms with van der Waals surface area (Å²) in [6.07, 6.45) is 0.691. The molecule has 6 nitrogen and oxygen atoms in total. The zero-order chi connectivity index (χ0) is 17.9. The van der Waals surface area contributed by atoms with Crippen LogP contribution in [-0.2, 0) is 0 Å². The number of aromatic nitrogens is 2. The predicted molar refractivity (Wildman–Crippen MR) is 102 cm³/mol. The zero-order valence-electron chi connectivity index (χ0n) is 12.9. The molecule has 0 atom stereocenters. The standard InChI is InChI=1S/C13H8Cl2N4OS.C2H7N/c14-6-2-1-5(3-7(6)15)11-9-10(16)8(4-20)21-12(9)19-13(17)18-11;1-3-2/h1-4H,16H2,(H2,17,18,19);3H,1-2H3. The van der Waals surface area contributed by atoms with Crippen LogP contribution in [0, 0.1) is 0 Å². The van der Waals surface area contributed by atoms with Gasteiger partial charge in [-0.3, -0.25) is 4.79 Å². The largest absolute Gasteiger partial charge is 0.397 e. The minimum Gasteiger partial charge on any atom is -0.397 e. The summed E-state index contributed by atoms with van der Waals surface area (Å²) in [5.41, 5.74) is 13.3. The van der Waals surface area contributed by atoms with Gasteiger partial charge in [-0.2, -0.15) is 0 Å². The number of rotatable bonds is 2. The lowest BCUT2D eigenvalue weighted by atomic mass is 10.1. The molecule has 3 aromatic rings. The summed E-state index contributed by atoms with van der Waals surface area (Å²) in [6, 6.07) is 5.09. The van der Waals surface area contributed by atoms with Gasteiger partial charge in [-0.1, -0.05) is 29.3 Å². The summed E-state index contributed by atoms with van der Waals surface area (Å²) in [5, 5.41) is 4.17. The van der Waals surface area contributed by atoms with E-state index in [0.717, 1.165) is 0 Å². The van der Waals surface area contributed by atoms with E-state index in [0.29, 0.717) is 48.4 Å². The van der Waals surface area contributed by atoms with E-state index in [-0.39, 0.29) is 5.95 Å². The Kier molecular flexibility index (Phi) is 5.95. The van der Waals surface area contributed by atoms with Crippen molar-refractivity contribution in [3.63, 3.8) is 0 Å². The number of nitrogens with zero attached hydrogens (tertiary/aromatic N) is 2. The highest BCUT2D eigenvalue weighted by molar-refractivity contribution is 7.21. The first kappa shape index (κ1) is 18.4. The maximum atomic E-state index is 11.0. The van der Waals surface area contributed by atoms with Gasteiger partial charge in [0.2, 0.25) is 5.95 Å². The molecule has 0 aliphatic heterocycles. The molecule has 0 radical (unpaired) electrons. The number of anilines is 2. The van der Waals surface area contributed by atoms with Gasteiger partial charge < -0.3 is 16.8 Å². The van der Waals surface area contributed by atoms with Crippen LogP contribution in [0.1, 0.15) is 9.67 Å². The maximum absolute atomic E-state index is 11.0. The van der Waals surface area contributed by atoms with Crippen LogP contribution in [0.5, 0.6) is 0 Å². The van der Waals surface area contributed by atoms with Crippen molar-refractivity contribution in [2.24, 2.45) is 0 Å². The van der Waals surface area contributed by atoms with Gasteiger partial charge in [-0.25, -0.2) is 9.97 Å². The molecule has 0 spiro atoms. The average Bonchev–Trinajstić information content (AvgIpc) is 2.86. The second kappa shape index (κ2) is 7.76. The highest BCUT2D eigenvalue weighted by Crippen LogP contribution is 2.39. The van der Waals surface area contributed by atoms with E-state index in [9.17, 15) is 4.79 Å².